The second-order valence-electron chi connectivity index (χ2n) is 6.32. The van der Waals surface area contributed by atoms with Gasteiger partial charge >= 0.3 is 0 Å². The van der Waals surface area contributed by atoms with E-state index >= 15 is 0 Å². The first-order valence-corrected chi connectivity index (χ1v) is 7.68. The molecule has 0 radical (unpaired) electrons. The Kier molecular flexibility index (Phi) is 5.04. The van der Waals surface area contributed by atoms with Crippen LogP contribution < -0.4 is 5.32 Å². The summed E-state index contributed by atoms with van der Waals surface area (Å²) in [4.78, 5) is 14.1. The van der Waals surface area contributed by atoms with E-state index in [9.17, 15) is 4.79 Å². The summed E-state index contributed by atoms with van der Waals surface area (Å²) in [5, 5.41) is 3.51. The number of nitrogens with zero attached hydrogens (tertiary/aromatic N) is 1. The zero-order valence-electron chi connectivity index (χ0n) is 12.0. The molecule has 3 unspecified atom stereocenters. The van der Waals surface area contributed by atoms with E-state index in [0.717, 1.165) is 24.9 Å². The van der Waals surface area contributed by atoms with Crippen LogP contribution in [-0.4, -0.2) is 36.5 Å². The highest BCUT2D eigenvalue weighted by atomic mass is 16.2. The van der Waals surface area contributed by atoms with Gasteiger partial charge in [0.25, 0.3) is 0 Å². The van der Waals surface area contributed by atoms with Gasteiger partial charge in [0.15, 0.2) is 0 Å². The van der Waals surface area contributed by atoms with Gasteiger partial charge in [0, 0.05) is 19.1 Å². The van der Waals surface area contributed by atoms with Crippen molar-refractivity contribution in [2.75, 3.05) is 19.6 Å². The van der Waals surface area contributed by atoms with Crippen LogP contribution in [0.25, 0.3) is 0 Å². The van der Waals surface area contributed by atoms with Crippen LogP contribution in [0.1, 0.15) is 52.4 Å². The van der Waals surface area contributed by atoms with Crippen LogP contribution in [0, 0.1) is 11.8 Å². The van der Waals surface area contributed by atoms with Crippen LogP contribution in [0.3, 0.4) is 0 Å². The molecule has 3 nitrogen and oxygen atoms in total. The molecule has 0 aromatic carbocycles. The first-order valence-electron chi connectivity index (χ1n) is 7.68. The average Bonchev–Trinajstić information content (AvgIpc) is 2.40. The normalized spacial score (nSPS) is 33.4. The van der Waals surface area contributed by atoms with Crippen LogP contribution in [0.4, 0.5) is 0 Å². The molecule has 1 heterocycles. The zero-order chi connectivity index (χ0) is 13.0. The van der Waals surface area contributed by atoms with Gasteiger partial charge in [-0.15, -0.1) is 0 Å². The minimum Gasteiger partial charge on any atom is -0.342 e. The summed E-state index contributed by atoms with van der Waals surface area (Å²) in [5.41, 5.74) is 0. The highest BCUT2D eigenvalue weighted by Crippen LogP contribution is 2.28. The third kappa shape index (κ3) is 3.71. The first-order chi connectivity index (χ1) is 8.66. The molecule has 0 spiro atoms. The molecule has 1 saturated heterocycles. The number of hydrogen-bond donors (Lipinski definition) is 1. The highest BCUT2D eigenvalue weighted by molar-refractivity contribution is 5.78. The van der Waals surface area contributed by atoms with Crippen molar-refractivity contribution in [3.63, 3.8) is 0 Å². The summed E-state index contributed by atoms with van der Waals surface area (Å²) in [6.07, 6.45) is 7.53. The average molecular weight is 252 g/mol. The van der Waals surface area contributed by atoms with Gasteiger partial charge in [-0.05, 0) is 43.9 Å². The van der Waals surface area contributed by atoms with Gasteiger partial charge in [0.2, 0.25) is 5.91 Å². The lowest BCUT2D eigenvalue weighted by Gasteiger charge is -2.34. The SMILES string of the molecule is CC1CCC(C)C(NCC(=O)N2CCCCC2)C1. The molecule has 1 aliphatic carbocycles. The molecule has 0 aromatic rings. The lowest BCUT2D eigenvalue weighted by molar-refractivity contribution is -0.131. The molecule has 0 aromatic heterocycles. The Balaban J connectivity index is 1.74. The minimum atomic E-state index is 0.306. The Bertz CT molecular complexity index is 274. The van der Waals surface area contributed by atoms with E-state index in [0.29, 0.717) is 18.5 Å². The number of likely N-dealkylation sites (tertiary alicyclic amines) is 1. The Morgan fingerprint density at radius 3 is 2.61 bits per heavy atom. The summed E-state index contributed by atoms with van der Waals surface area (Å²) >= 11 is 0. The maximum absolute atomic E-state index is 12.1. The molecular formula is C15H28N2O. The third-order valence-corrected chi connectivity index (χ3v) is 4.68. The van der Waals surface area contributed by atoms with Gasteiger partial charge in [-0.1, -0.05) is 20.3 Å². The summed E-state index contributed by atoms with van der Waals surface area (Å²) < 4.78 is 0. The monoisotopic (exact) mass is 252 g/mol. The van der Waals surface area contributed by atoms with Gasteiger partial charge in [0.05, 0.1) is 6.54 Å². The van der Waals surface area contributed by atoms with E-state index in [2.05, 4.69) is 19.2 Å². The summed E-state index contributed by atoms with van der Waals surface area (Å²) in [7, 11) is 0. The molecule has 1 aliphatic heterocycles. The number of rotatable bonds is 3. The van der Waals surface area contributed by atoms with Gasteiger partial charge in [0.1, 0.15) is 0 Å². The molecule has 3 atom stereocenters. The van der Waals surface area contributed by atoms with E-state index in [1.165, 1.54) is 38.5 Å². The Morgan fingerprint density at radius 1 is 1.17 bits per heavy atom. The van der Waals surface area contributed by atoms with E-state index in [4.69, 9.17) is 0 Å². The maximum Gasteiger partial charge on any atom is 0.236 e. The molecule has 3 heteroatoms. The number of carbonyl (C=O) groups excluding carboxylic acids is 1. The number of piperidine rings is 1. The molecule has 104 valence electrons. The molecular weight excluding hydrogens is 224 g/mol. The number of amides is 1. The van der Waals surface area contributed by atoms with Crippen LogP contribution in [0.5, 0.6) is 0 Å². The van der Waals surface area contributed by atoms with Gasteiger partial charge in [-0.25, -0.2) is 0 Å². The second kappa shape index (κ2) is 6.55. The van der Waals surface area contributed by atoms with E-state index in [1.54, 1.807) is 0 Å². The summed E-state index contributed by atoms with van der Waals surface area (Å²) in [6.45, 7) is 7.12. The summed E-state index contributed by atoms with van der Waals surface area (Å²) in [6, 6.07) is 0.544. The molecule has 0 bridgehead atoms. The molecule has 2 aliphatic rings. The van der Waals surface area contributed by atoms with Crippen molar-refractivity contribution < 1.29 is 4.79 Å². The Hall–Kier alpha value is -0.570. The van der Waals surface area contributed by atoms with E-state index < -0.39 is 0 Å². The van der Waals surface area contributed by atoms with Crippen molar-refractivity contribution >= 4 is 5.91 Å². The Labute approximate surface area is 111 Å². The standard InChI is InChI=1S/C15H28N2O/c1-12-6-7-13(2)14(10-12)16-11-15(18)17-8-4-3-5-9-17/h12-14,16H,3-11H2,1-2H3. The lowest BCUT2D eigenvalue weighted by Crippen LogP contribution is -2.46. The zero-order valence-corrected chi connectivity index (χ0v) is 12.0. The van der Waals surface area contributed by atoms with Gasteiger partial charge < -0.3 is 10.2 Å². The van der Waals surface area contributed by atoms with Crippen molar-refractivity contribution in [1.82, 2.24) is 10.2 Å². The summed E-state index contributed by atoms with van der Waals surface area (Å²) in [5.74, 6) is 1.83. The molecule has 2 rings (SSSR count). The van der Waals surface area contributed by atoms with E-state index in [-0.39, 0.29) is 0 Å². The smallest absolute Gasteiger partial charge is 0.236 e. The second-order valence-corrected chi connectivity index (χ2v) is 6.32. The van der Waals surface area contributed by atoms with Crippen molar-refractivity contribution in [1.29, 1.82) is 0 Å². The van der Waals surface area contributed by atoms with Crippen LogP contribution in [0.2, 0.25) is 0 Å². The van der Waals surface area contributed by atoms with Gasteiger partial charge in [-0.3, -0.25) is 4.79 Å². The maximum atomic E-state index is 12.1. The van der Waals surface area contributed by atoms with Crippen molar-refractivity contribution in [2.24, 2.45) is 11.8 Å². The minimum absolute atomic E-state index is 0.306. The fraction of sp³-hybridized carbons (Fsp3) is 0.933. The molecule has 1 saturated carbocycles. The van der Waals surface area contributed by atoms with Crippen LogP contribution in [0.15, 0.2) is 0 Å². The van der Waals surface area contributed by atoms with Crippen molar-refractivity contribution in [3.05, 3.63) is 0 Å². The quantitative estimate of drug-likeness (QED) is 0.836. The topological polar surface area (TPSA) is 32.3 Å². The molecule has 18 heavy (non-hydrogen) atoms. The molecule has 2 fully saturated rings. The lowest BCUT2D eigenvalue weighted by atomic mass is 9.80. The van der Waals surface area contributed by atoms with Crippen LogP contribution in [-0.2, 0) is 4.79 Å². The predicted octanol–water partition coefficient (Wildman–Crippen LogP) is 2.41. The van der Waals surface area contributed by atoms with E-state index in [1.807, 2.05) is 4.90 Å². The predicted molar refractivity (Wildman–Crippen MR) is 74.4 cm³/mol. The fourth-order valence-electron chi connectivity index (χ4n) is 3.29. The number of hydrogen-bond acceptors (Lipinski definition) is 2. The Morgan fingerprint density at radius 2 is 1.89 bits per heavy atom. The number of nitrogens with one attached hydrogen (secondary N) is 1. The molecule has 1 N–H and O–H groups in total. The van der Waals surface area contributed by atoms with Crippen LogP contribution >= 0.6 is 0 Å². The van der Waals surface area contributed by atoms with Crippen molar-refractivity contribution in [3.8, 4) is 0 Å². The third-order valence-electron chi connectivity index (χ3n) is 4.68. The highest BCUT2D eigenvalue weighted by Gasteiger charge is 2.26. The van der Waals surface area contributed by atoms with Gasteiger partial charge in [-0.2, -0.15) is 0 Å². The van der Waals surface area contributed by atoms with Crippen molar-refractivity contribution in [2.45, 2.75) is 58.4 Å². The first kappa shape index (κ1) is 13.9. The largest absolute Gasteiger partial charge is 0.342 e. The fourth-order valence-corrected chi connectivity index (χ4v) is 3.29. The number of carbonyl (C=O) groups is 1. The molecule has 1 amide bonds.